The lowest BCUT2D eigenvalue weighted by atomic mass is 10.2. The van der Waals surface area contributed by atoms with Gasteiger partial charge in [-0.25, -0.2) is 0 Å². The van der Waals surface area contributed by atoms with Crippen LogP contribution in [0.1, 0.15) is 26.2 Å². The van der Waals surface area contributed by atoms with Gasteiger partial charge in [-0.2, -0.15) is 21.6 Å². The quantitative estimate of drug-likeness (QED) is 0.453. The molecule has 0 aromatic rings. The standard InChI is InChI=1S/C7H14O3.CHF3O3S/c1-6(8)10-7-4-2-3-5-9-7;2-1(3,4)8(5,6)7/h6-8H,2-5H2,1H3;(H,5,6,7). The van der Waals surface area contributed by atoms with Crippen molar-refractivity contribution < 1.29 is 40.7 Å². The van der Waals surface area contributed by atoms with Gasteiger partial charge in [0.05, 0.1) is 0 Å². The van der Waals surface area contributed by atoms with Crippen molar-refractivity contribution in [3.8, 4) is 0 Å². The predicted octanol–water partition coefficient (Wildman–Crippen LogP) is 1.26. The average Bonchev–Trinajstić information content (AvgIpc) is 2.15. The van der Waals surface area contributed by atoms with E-state index in [1.54, 1.807) is 6.92 Å². The maximum atomic E-state index is 10.7. The second kappa shape index (κ2) is 7.24. The SMILES string of the molecule is CC(O)OC1CCCCO1.O=S(=O)(O)C(F)(F)F. The van der Waals surface area contributed by atoms with E-state index in [9.17, 15) is 13.2 Å². The van der Waals surface area contributed by atoms with Crippen LogP contribution >= 0.6 is 0 Å². The molecule has 1 fully saturated rings. The second-order valence-corrected chi connectivity index (χ2v) is 4.87. The minimum Gasteiger partial charge on any atom is -0.368 e. The van der Waals surface area contributed by atoms with Gasteiger partial charge in [0.2, 0.25) is 0 Å². The summed E-state index contributed by atoms with van der Waals surface area (Å²) >= 11 is 0. The van der Waals surface area contributed by atoms with Crippen LogP contribution in [0.2, 0.25) is 0 Å². The number of hydrogen-bond donors (Lipinski definition) is 2. The third-order valence-corrected chi connectivity index (χ3v) is 2.36. The highest BCUT2D eigenvalue weighted by atomic mass is 32.2. The van der Waals surface area contributed by atoms with E-state index in [1.165, 1.54) is 0 Å². The summed E-state index contributed by atoms with van der Waals surface area (Å²) in [6.45, 7) is 2.36. The molecule has 0 radical (unpaired) electrons. The molecule has 2 unspecified atom stereocenters. The van der Waals surface area contributed by atoms with Crippen LogP contribution in [0.5, 0.6) is 0 Å². The van der Waals surface area contributed by atoms with Crippen molar-refractivity contribution in [2.75, 3.05) is 6.61 Å². The number of rotatable bonds is 2. The number of halogens is 3. The van der Waals surface area contributed by atoms with Crippen LogP contribution in [0.3, 0.4) is 0 Å². The summed E-state index contributed by atoms with van der Waals surface area (Å²) in [7, 11) is -5.84. The molecule has 0 aromatic heterocycles. The molecule has 110 valence electrons. The van der Waals surface area contributed by atoms with Gasteiger partial charge >= 0.3 is 15.6 Å². The van der Waals surface area contributed by atoms with Gasteiger partial charge in [0.15, 0.2) is 12.6 Å². The van der Waals surface area contributed by atoms with Crippen molar-refractivity contribution in [2.45, 2.75) is 44.3 Å². The van der Waals surface area contributed by atoms with Gasteiger partial charge in [0.25, 0.3) is 0 Å². The number of aliphatic hydroxyl groups is 1. The third-order valence-electron chi connectivity index (χ3n) is 1.78. The second-order valence-electron chi connectivity index (χ2n) is 3.45. The minimum atomic E-state index is -5.84. The monoisotopic (exact) mass is 296 g/mol. The van der Waals surface area contributed by atoms with Crippen LogP contribution < -0.4 is 0 Å². The summed E-state index contributed by atoms with van der Waals surface area (Å²) in [5.41, 5.74) is -5.53. The number of aliphatic hydroxyl groups excluding tert-OH is 1. The Morgan fingerprint density at radius 1 is 1.39 bits per heavy atom. The number of alkyl halides is 3. The summed E-state index contributed by atoms with van der Waals surface area (Å²) in [6.07, 6.45) is 2.28. The Labute approximate surface area is 102 Å². The molecule has 2 atom stereocenters. The average molecular weight is 296 g/mol. The normalized spacial score (nSPS) is 22.9. The molecule has 1 saturated heterocycles. The van der Waals surface area contributed by atoms with Gasteiger partial charge in [-0.1, -0.05) is 0 Å². The zero-order valence-corrected chi connectivity index (χ0v) is 10.4. The molecular weight excluding hydrogens is 281 g/mol. The molecule has 2 N–H and O–H groups in total. The summed E-state index contributed by atoms with van der Waals surface area (Å²) in [6, 6.07) is 0. The fraction of sp³-hybridized carbons (Fsp3) is 1.00. The Hall–Kier alpha value is -0.420. The molecule has 0 bridgehead atoms. The molecule has 0 aromatic carbocycles. The molecule has 10 heteroatoms. The van der Waals surface area contributed by atoms with Crippen molar-refractivity contribution in [1.82, 2.24) is 0 Å². The van der Waals surface area contributed by atoms with Gasteiger partial charge in [0, 0.05) is 6.61 Å². The van der Waals surface area contributed by atoms with E-state index in [0.717, 1.165) is 25.9 Å². The topological polar surface area (TPSA) is 93.1 Å². The highest BCUT2D eigenvalue weighted by molar-refractivity contribution is 7.86. The Balaban J connectivity index is 0.000000331. The van der Waals surface area contributed by atoms with Crippen LogP contribution in [0, 0.1) is 0 Å². The zero-order valence-electron chi connectivity index (χ0n) is 9.55. The Bertz CT molecular complexity index is 320. The summed E-state index contributed by atoms with van der Waals surface area (Å²) in [5.74, 6) is 0. The maximum absolute atomic E-state index is 10.7. The van der Waals surface area contributed by atoms with Crippen LogP contribution in [-0.4, -0.2) is 42.8 Å². The van der Waals surface area contributed by atoms with Gasteiger partial charge in [-0.3, -0.25) is 4.55 Å². The van der Waals surface area contributed by atoms with E-state index in [4.69, 9.17) is 27.6 Å². The molecule has 18 heavy (non-hydrogen) atoms. The number of hydrogen-bond acceptors (Lipinski definition) is 5. The fourth-order valence-electron chi connectivity index (χ4n) is 1.04. The molecule has 0 spiro atoms. The van der Waals surface area contributed by atoms with E-state index < -0.39 is 21.9 Å². The molecule has 0 aliphatic carbocycles. The van der Waals surface area contributed by atoms with Gasteiger partial charge in [-0.05, 0) is 26.2 Å². The van der Waals surface area contributed by atoms with E-state index >= 15 is 0 Å². The largest absolute Gasteiger partial charge is 0.522 e. The zero-order chi connectivity index (χ0) is 14.4. The molecule has 1 aliphatic heterocycles. The van der Waals surface area contributed by atoms with Gasteiger partial charge < -0.3 is 14.6 Å². The molecule has 6 nitrogen and oxygen atoms in total. The lowest BCUT2D eigenvalue weighted by Crippen LogP contribution is -2.26. The first-order valence-electron chi connectivity index (χ1n) is 5.03. The maximum Gasteiger partial charge on any atom is 0.522 e. The first-order valence-corrected chi connectivity index (χ1v) is 6.47. The molecule has 0 amide bonds. The Morgan fingerprint density at radius 3 is 2.17 bits per heavy atom. The predicted molar refractivity (Wildman–Crippen MR) is 54.0 cm³/mol. The van der Waals surface area contributed by atoms with Crippen LogP contribution in [0.15, 0.2) is 0 Å². The van der Waals surface area contributed by atoms with Crippen molar-refractivity contribution in [1.29, 1.82) is 0 Å². The van der Waals surface area contributed by atoms with Crippen LogP contribution in [0.4, 0.5) is 13.2 Å². The van der Waals surface area contributed by atoms with Crippen molar-refractivity contribution >= 4 is 10.1 Å². The minimum absolute atomic E-state index is 0.172. The van der Waals surface area contributed by atoms with Gasteiger partial charge in [0.1, 0.15) is 0 Å². The molecule has 0 saturated carbocycles. The van der Waals surface area contributed by atoms with Gasteiger partial charge in [-0.15, -0.1) is 0 Å². The van der Waals surface area contributed by atoms with E-state index in [2.05, 4.69) is 0 Å². The lowest BCUT2D eigenvalue weighted by Gasteiger charge is -2.23. The molecular formula is C8H15F3O6S. The highest BCUT2D eigenvalue weighted by Crippen LogP contribution is 2.20. The fourth-order valence-corrected chi connectivity index (χ4v) is 1.04. The van der Waals surface area contributed by atoms with E-state index in [-0.39, 0.29) is 6.29 Å². The first kappa shape index (κ1) is 17.6. The smallest absolute Gasteiger partial charge is 0.368 e. The molecule has 1 aliphatic rings. The van der Waals surface area contributed by atoms with Crippen LogP contribution in [0.25, 0.3) is 0 Å². The summed E-state index contributed by atoms with van der Waals surface area (Å²) in [4.78, 5) is 0. The van der Waals surface area contributed by atoms with Crippen molar-refractivity contribution in [2.24, 2.45) is 0 Å². The van der Waals surface area contributed by atoms with E-state index in [0.29, 0.717) is 0 Å². The van der Waals surface area contributed by atoms with Crippen LogP contribution in [-0.2, 0) is 19.6 Å². The highest BCUT2D eigenvalue weighted by Gasteiger charge is 2.44. The Kier molecular flexibility index (Phi) is 7.07. The first-order chi connectivity index (χ1) is 8.04. The molecule has 1 heterocycles. The van der Waals surface area contributed by atoms with E-state index in [1.807, 2.05) is 0 Å². The summed E-state index contributed by atoms with van der Waals surface area (Å²) in [5, 5.41) is 8.80. The third kappa shape index (κ3) is 7.82. The number of ether oxygens (including phenoxy) is 2. The summed E-state index contributed by atoms with van der Waals surface area (Å²) < 4.78 is 67.8. The van der Waals surface area contributed by atoms with Crippen molar-refractivity contribution in [3.05, 3.63) is 0 Å². The van der Waals surface area contributed by atoms with Crippen molar-refractivity contribution in [3.63, 3.8) is 0 Å². The lowest BCUT2D eigenvalue weighted by molar-refractivity contribution is -0.233. The molecule has 1 rings (SSSR count). The Morgan fingerprint density at radius 2 is 1.89 bits per heavy atom.